The Hall–Kier alpha value is -1.62. The maximum Gasteiger partial charge on any atom is 0.220 e. The first-order valence-corrected chi connectivity index (χ1v) is 8.21. The number of nitrogens with one attached hydrogen (secondary N) is 1. The van der Waals surface area contributed by atoms with Crippen LogP contribution in [0.15, 0.2) is 18.3 Å². The summed E-state index contributed by atoms with van der Waals surface area (Å²) in [4.78, 5) is 18.6. The van der Waals surface area contributed by atoms with Gasteiger partial charge in [-0.3, -0.25) is 4.79 Å². The molecule has 22 heavy (non-hydrogen) atoms. The second kappa shape index (κ2) is 8.73. The molecule has 2 heterocycles. The zero-order valence-electron chi connectivity index (χ0n) is 13.7. The van der Waals surface area contributed by atoms with E-state index < -0.39 is 0 Å². The van der Waals surface area contributed by atoms with Gasteiger partial charge in [-0.2, -0.15) is 0 Å². The predicted octanol–water partition coefficient (Wildman–Crippen LogP) is 2.22. The van der Waals surface area contributed by atoms with E-state index in [4.69, 9.17) is 4.74 Å². The van der Waals surface area contributed by atoms with Crippen LogP contribution in [0, 0.1) is 5.92 Å². The van der Waals surface area contributed by atoms with Gasteiger partial charge in [0.1, 0.15) is 0 Å². The van der Waals surface area contributed by atoms with Gasteiger partial charge in [0.2, 0.25) is 11.8 Å². The molecule has 0 aliphatic carbocycles. The summed E-state index contributed by atoms with van der Waals surface area (Å²) in [6, 6.07) is 3.83. The number of likely N-dealkylation sites (tertiary alicyclic amines) is 1. The number of rotatable bonds is 8. The third kappa shape index (κ3) is 5.30. The van der Waals surface area contributed by atoms with E-state index in [1.807, 2.05) is 12.1 Å². The molecule has 1 amide bonds. The van der Waals surface area contributed by atoms with Crippen molar-refractivity contribution in [1.82, 2.24) is 15.2 Å². The molecule has 1 aromatic rings. The maximum atomic E-state index is 12.1. The lowest BCUT2D eigenvalue weighted by molar-refractivity contribution is -0.122. The Labute approximate surface area is 133 Å². The summed E-state index contributed by atoms with van der Waals surface area (Å²) in [5, 5.41) is 2.99. The van der Waals surface area contributed by atoms with Crippen molar-refractivity contribution < 1.29 is 9.53 Å². The normalized spacial score (nSPS) is 18.4. The molecule has 1 aliphatic heterocycles. The standard InChI is InChI=1S/C17H27N3O2/c1-3-4-10-22-17-15(6-5-8-18-17)12-19-16(21)11-14-7-9-20(2)13-14/h5-6,8,14H,3-4,7,9-13H2,1-2H3,(H,19,21). The molecule has 1 N–H and O–H groups in total. The second-order valence-electron chi connectivity index (χ2n) is 6.07. The topological polar surface area (TPSA) is 54.5 Å². The molecule has 0 spiro atoms. The number of carbonyl (C=O) groups excluding carboxylic acids is 1. The molecule has 0 saturated carbocycles. The molecule has 0 bridgehead atoms. The maximum absolute atomic E-state index is 12.1. The molecular formula is C17H27N3O2. The SMILES string of the molecule is CCCCOc1ncccc1CNC(=O)CC1CCN(C)C1. The first kappa shape index (κ1) is 16.7. The fourth-order valence-electron chi connectivity index (χ4n) is 2.72. The molecule has 1 saturated heterocycles. The van der Waals surface area contributed by atoms with Crippen LogP contribution in [0.2, 0.25) is 0 Å². The molecule has 1 fully saturated rings. The van der Waals surface area contributed by atoms with Gasteiger partial charge in [0.15, 0.2) is 0 Å². The number of pyridine rings is 1. The molecule has 1 aromatic heterocycles. The molecule has 1 atom stereocenters. The van der Waals surface area contributed by atoms with Crippen LogP contribution in [0.25, 0.3) is 0 Å². The Morgan fingerprint density at radius 3 is 3.14 bits per heavy atom. The van der Waals surface area contributed by atoms with E-state index in [0.29, 0.717) is 31.4 Å². The van der Waals surface area contributed by atoms with Gasteiger partial charge in [0.25, 0.3) is 0 Å². The van der Waals surface area contributed by atoms with Crippen LogP contribution in [0.3, 0.4) is 0 Å². The summed E-state index contributed by atoms with van der Waals surface area (Å²) in [6.45, 7) is 5.39. The number of nitrogens with zero attached hydrogens (tertiary/aromatic N) is 2. The fourth-order valence-corrected chi connectivity index (χ4v) is 2.72. The fraction of sp³-hybridized carbons (Fsp3) is 0.647. The summed E-state index contributed by atoms with van der Waals surface area (Å²) in [6.07, 6.45) is 5.55. The van der Waals surface area contributed by atoms with Crippen molar-refractivity contribution in [2.45, 2.75) is 39.2 Å². The number of hydrogen-bond donors (Lipinski definition) is 1. The van der Waals surface area contributed by atoms with Crippen LogP contribution in [-0.2, 0) is 11.3 Å². The van der Waals surface area contributed by atoms with Crippen molar-refractivity contribution in [3.63, 3.8) is 0 Å². The predicted molar refractivity (Wildman–Crippen MR) is 86.7 cm³/mol. The molecule has 0 aromatic carbocycles. The highest BCUT2D eigenvalue weighted by Crippen LogP contribution is 2.18. The third-order valence-electron chi connectivity index (χ3n) is 4.03. The lowest BCUT2D eigenvalue weighted by Crippen LogP contribution is -2.26. The Morgan fingerprint density at radius 1 is 1.55 bits per heavy atom. The average molecular weight is 305 g/mol. The number of hydrogen-bond acceptors (Lipinski definition) is 4. The van der Waals surface area contributed by atoms with Crippen molar-refractivity contribution in [1.29, 1.82) is 0 Å². The molecule has 0 radical (unpaired) electrons. The van der Waals surface area contributed by atoms with E-state index in [1.165, 1.54) is 0 Å². The van der Waals surface area contributed by atoms with Crippen molar-refractivity contribution >= 4 is 5.91 Å². The first-order chi connectivity index (χ1) is 10.7. The van der Waals surface area contributed by atoms with Crippen molar-refractivity contribution in [2.24, 2.45) is 5.92 Å². The van der Waals surface area contributed by atoms with Gasteiger partial charge in [0.05, 0.1) is 6.61 Å². The summed E-state index contributed by atoms with van der Waals surface area (Å²) in [5.74, 6) is 1.24. The summed E-state index contributed by atoms with van der Waals surface area (Å²) in [7, 11) is 2.10. The Kier molecular flexibility index (Phi) is 6.65. The minimum Gasteiger partial charge on any atom is -0.477 e. The van der Waals surface area contributed by atoms with Crippen molar-refractivity contribution in [3.05, 3.63) is 23.9 Å². The number of unbranched alkanes of at least 4 members (excludes halogenated alkanes) is 1. The summed E-state index contributed by atoms with van der Waals surface area (Å²) in [5.41, 5.74) is 0.940. The van der Waals surface area contributed by atoms with E-state index >= 15 is 0 Å². The molecule has 122 valence electrons. The second-order valence-corrected chi connectivity index (χ2v) is 6.07. The van der Waals surface area contributed by atoms with Crippen LogP contribution in [0.4, 0.5) is 0 Å². The molecule has 1 unspecified atom stereocenters. The molecular weight excluding hydrogens is 278 g/mol. The highest BCUT2D eigenvalue weighted by atomic mass is 16.5. The van der Waals surface area contributed by atoms with Gasteiger partial charge in [-0.1, -0.05) is 19.4 Å². The van der Waals surface area contributed by atoms with Crippen LogP contribution in [0.5, 0.6) is 5.88 Å². The van der Waals surface area contributed by atoms with Gasteiger partial charge in [-0.15, -0.1) is 0 Å². The number of aromatic nitrogens is 1. The minimum atomic E-state index is 0.115. The number of amides is 1. The van der Waals surface area contributed by atoms with E-state index in [2.05, 4.69) is 29.2 Å². The van der Waals surface area contributed by atoms with E-state index in [1.54, 1.807) is 6.20 Å². The number of carbonyl (C=O) groups is 1. The monoisotopic (exact) mass is 305 g/mol. The zero-order valence-corrected chi connectivity index (χ0v) is 13.7. The van der Waals surface area contributed by atoms with Gasteiger partial charge >= 0.3 is 0 Å². The smallest absolute Gasteiger partial charge is 0.220 e. The highest BCUT2D eigenvalue weighted by Gasteiger charge is 2.21. The van der Waals surface area contributed by atoms with Gasteiger partial charge in [0, 0.05) is 31.3 Å². The minimum absolute atomic E-state index is 0.115. The first-order valence-electron chi connectivity index (χ1n) is 8.21. The van der Waals surface area contributed by atoms with Crippen LogP contribution >= 0.6 is 0 Å². The Bertz CT molecular complexity index is 479. The van der Waals surface area contributed by atoms with E-state index in [9.17, 15) is 4.79 Å². The highest BCUT2D eigenvalue weighted by molar-refractivity contribution is 5.76. The summed E-state index contributed by atoms with van der Waals surface area (Å²) >= 11 is 0. The van der Waals surface area contributed by atoms with Crippen LogP contribution < -0.4 is 10.1 Å². The third-order valence-corrected chi connectivity index (χ3v) is 4.03. The Balaban J connectivity index is 1.79. The average Bonchev–Trinajstić information content (AvgIpc) is 2.91. The number of ether oxygens (including phenoxy) is 1. The molecule has 5 heteroatoms. The lowest BCUT2D eigenvalue weighted by atomic mass is 10.0. The van der Waals surface area contributed by atoms with E-state index in [-0.39, 0.29) is 5.91 Å². The van der Waals surface area contributed by atoms with Crippen LogP contribution in [-0.4, -0.2) is 42.5 Å². The van der Waals surface area contributed by atoms with E-state index in [0.717, 1.165) is 37.9 Å². The zero-order chi connectivity index (χ0) is 15.8. The van der Waals surface area contributed by atoms with Gasteiger partial charge in [-0.05, 0) is 38.4 Å². The Morgan fingerprint density at radius 2 is 2.41 bits per heavy atom. The van der Waals surface area contributed by atoms with Gasteiger partial charge in [-0.25, -0.2) is 4.98 Å². The van der Waals surface area contributed by atoms with Gasteiger partial charge < -0.3 is 15.0 Å². The van der Waals surface area contributed by atoms with Crippen LogP contribution in [0.1, 0.15) is 38.2 Å². The largest absolute Gasteiger partial charge is 0.477 e. The van der Waals surface area contributed by atoms with Crippen molar-refractivity contribution in [2.75, 3.05) is 26.7 Å². The molecule has 1 aliphatic rings. The molecule has 5 nitrogen and oxygen atoms in total. The van der Waals surface area contributed by atoms with Crippen molar-refractivity contribution in [3.8, 4) is 5.88 Å². The quantitative estimate of drug-likeness (QED) is 0.748. The summed E-state index contributed by atoms with van der Waals surface area (Å²) < 4.78 is 5.69. The molecule has 2 rings (SSSR count). The lowest BCUT2D eigenvalue weighted by Gasteiger charge is -2.12.